The number of nitrogens with one attached hydrogen (secondary N) is 2. The van der Waals surface area contributed by atoms with Gasteiger partial charge in [-0.2, -0.15) is 9.78 Å². The van der Waals surface area contributed by atoms with Crippen LogP contribution in [0.1, 0.15) is 21.0 Å². The molecule has 0 saturated heterocycles. The van der Waals surface area contributed by atoms with Gasteiger partial charge in [0, 0.05) is 12.3 Å². The Hall–Kier alpha value is -3.88. The molecule has 26 heavy (non-hydrogen) atoms. The Balaban J connectivity index is 1.76. The Kier molecular flexibility index (Phi) is 4.79. The molecule has 130 valence electrons. The molecule has 0 spiro atoms. The second-order valence-electron chi connectivity index (χ2n) is 5.07. The van der Waals surface area contributed by atoms with Gasteiger partial charge in [-0.15, -0.1) is 0 Å². The molecule has 0 unspecified atom stereocenters. The monoisotopic (exact) mass is 353 g/mol. The van der Waals surface area contributed by atoms with Crippen molar-refractivity contribution < 1.29 is 14.0 Å². The number of carbonyl (C=O) groups is 2. The quantitative estimate of drug-likeness (QED) is 0.679. The first-order chi connectivity index (χ1) is 12.5. The summed E-state index contributed by atoms with van der Waals surface area (Å²) in [5, 5.41) is 3.93. The molecule has 2 amide bonds. The maximum atomic E-state index is 13.0. The van der Waals surface area contributed by atoms with Crippen LogP contribution in [0.25, 0.3) is 5.69 Å². The van der Waals surface area contributed by atoms with E-state index in [2.05, 4.69) is 20.9 Å². The summed E-state index contributed by atoms with van der Waals surface area (Å²) in [5.41, 5.74) is 4.20. The summed E-state index contributed by atoms with van der Waals surface area (Å²) < 4.78 is 14.0. The van der Waals surface area contributed by atoms with Crippen LogP contribution in [0, 0.1) is 5.82 Å². The van der Waals surface area contributed by atoms with Crippen molar-refractivity contribution in [1.82, 2.24) is 25.6 Å². The topological polar surface area (TPSA) is 106 Å². The van der Waals surface area contributed by atoms with Crippen molar-refractivity contribution in [2.24, 2.45) is 0 Å². The molecule has 0 saturated carbocycles. The van der Waals surface area contributed by atoms with Crippen LogP contribution in [0.3, 0.4) is 0 Å². The molecule has 0 fully saturated rings. The zero-order valence-electron chi connectivity index (χ0n) is 13.2. The number of pyridine rings is 1. The van der Waals surface area contributed by atoms with Crippen LogP contribution < -0.4 is 16.4 Å². The van der Waals surface area contributed by atoms with E-state index in [0.717, 1.165) is 10.7 Å². The van der Waals surface area contributed by atoms with Gasteiger partial charge in [0.2, 0.25) is 0 Å². The maximum Gasteiger partial charge on any atom is 0.290 e. The first-order valence-corrected chi connectivity index (χ1v) is 7.42. The Bertz CT molecular complexity index is 1000. The van der Waals surface area contributed by atoms with Crippen LogP contribution in [-0.4, -0.2) is 26.6 Å². The van der Waals surface area contributed by atoms with Gasteiger partial charge in [0.25, 0.3) is 17.4 Å². The Labute approximate surface area is 146 Å². The normalized spacial score (nSPS) is 10.2. The summed E-state index contributed by atoms with van der Waals surface area (Å²) in [5.74, 6) is -1.80. The van der Waals surface area contributed by atoms with Gasteiger partial charge in [-0.05, 0) is 42.5 Å². The van der Waals surface area contributed by atoms with Gasteiger partial charge in [0.05, 0.1) is 5.69 Å². The number of nitrogens with zero attached hydrogens (tertiary/aromatic N) is 3. The van der Waals surface area contributed by atoms with Crippen molar-refractivity contribution >= 4 is 11.8 Å². The van der Waals surface area contributed by atoms with Gasteiger partial charge >= 0.3 is 0 Å². The number of benzene rings is 1. The van der Waals surface area contributed by atoms with Crippen molar-refractivity contribution in [3.8, 4) is 5.69 Å². The first kappa shape index (κ1) is 17.0. The summed E-state index contributed by atoms with van der Waals surface area (Å²) >= 11 is 0. The molecule has 0 radical (unpaired) electrons. The second-order valence-corrected chi connectivity index (χ2v) is 5.07. The molecule has 0 aliphatic rings. The van der Waals surface area contributed by atoms with E-state index < -0.39 is 23.2 Å². The smallest absolute Gasteiger partial charge is 0.267 e. The fraction of sp³-hybridized carbons (Fsp3) is 0. The zero-order chi connectivity index (χ0) is 18.5. The van der Waals surface area contributed by atoms with E-state index in [1.54, 1.807) is 12.1 Å². The van der Waals surface area contributed by atoms with Gasteiger partial charge < -0.3 is 0 Å². The third-order valence-corrected chi connectivity index (χ3v) is 3.29. The Morgan fingerprint density at radius 3 is 2.23 bits per heavy atom. The molecule has 2 aromatic heterocycles. The fourth-order valence-electron chi connectivity index (χ4n) is 2.04. The van der Waals surface area contributed by atoms with Crippen LogP contribution in [0.15, 0.2) is 65.6 Å². The number of rotatable bonds is 3. The number of aromatic nitrogens is 3. The summed E-state index contributed by atoms with van der Waals surface area (Å²) in [7, 11) is 0. The molecular weight excluding hydrogens is 341 g/mol. The standard InChI is InChI=1S/C17H12FN5O3/c18-11-4-6-12(7-5-11)23-15(24)9-8-14(22-23)17(26)21-20-16(25)13-3-1-2-10-19-13/h1-10H,(H,20,25)(H,21,26). The van der Waals surface area contributed by atoms with Crippen LogP contribution in [0.5, 0.6) is 0 Å². The molecule has 0 aliphatic heterocycles. The van der Waals surface area contributed by atoms with Gasteiger partial charge in [0.15, 0.2) is 5.69 Å². The predicted octanol–water partition coefficient (Wildman–Crippen LogP) is 0.841. The highest BCUT2D eigenvalue weighted by Crippen LogP contribution is 2.05. The van der Waals surface area contributed by atoms with Crippen molar-refractivity contribution in [3.63, 3.8) is 0 Å². The number of carbonyl (C=O) groups excluding carboxylic acids is 2. The van der Waals surface area contributed by atoms with Crippen LogP contribution in [0.2, 0.25) is 0 Å². The molecule has 1 aromatic carbocycles. The van der Waals surface area contributed by atoms with Crippen molar-refractivity contribution in [2.75, 3.05) is 0 Å². The van der Waals surface area contributed by atoms with E-state index in [9.17, 15) is 18.8 Å². The molecule has 8 nitrogen and oxygen atoms in total. The lowest BCUT2D eigenvalue weighted by Gasteiger charge is -2.08. The Morgan fingerprint density at radius 1 is 0.885 bits per heavy atom. The van der Waals surface area contributed by atoms with Gasteiger partial charge in [0.1, 0.15) is 11.5 Å². The lowest BCUT2D eigenvalue weighted by molar-refractivity contribution is 0.0840. The molecule has 9 heteroatoms. The highest BCUT2D eigenvalue weighted by molar-refractivity contribution is 5.97. The third-order valence-electron chi connectivity index (χ3n) is 3.29. The van der Waals surface area contributed by atoms with Gasteiger partial charge in [-0.1, -0.05) is 6.07 Å². The molecule has 0 bridgehead atoms. The van der Waals surface area contributed by atoms with Crippen LogP contribution in [0.4, 0.5) is 4.39 Å². The average molecular weight is 353 g/mol. The molecule has 2 N–H and O–H groups in total. The summed E-state index contributed by atoms with van der Waals surface area (Å²) in [4.78, 5) is 39.8. The molecule has 2 heterocycles. The van der Waals surface area contributed by atoms with Crippen molar-refractivity contribution in [2.45, 2.75) is 0 Å². The first-order valence-electron chi connectivity index (χ1n) is 7.42. The van der Waals surface area contributed by atoms with E-state index >= 15 is 0 Å². The SMILES string of the molecule is O=C(NNC(=O)c1ccc(=O)n(-c2ccc(F)cc2)n1)c1ccccn1. The zero-order valence-corrected chi connectivity index (χ0v) is 13.2. The van der Waals surface area contributed by atoms with Crippen LogP contribution in [-0.2, 0) is 0 Å². The summed E-state index contributed by atoms with van der Waals surface area (Å²) in [6, 6.07) is 12.2. The van der Waals surface area contributed by atoms with E-state index in [1.165, 1.54) is 42.6 Å². The van der Waals surface area contributed by atoms with E-state index in [-0.39, 0.29) is 11.4 Å². The highest BCUT2D eigenvalue weighted by atomic mass is 19.1. The van der Waals surface area contributed by atoms with Gasteiger partial charge in [-0.3, -0.25) is 30.2 Å². The average Bonchev–Trinajstić information content (AvgIpc) is 2.67. The van der Waals surface area contributed by atoms with E-state index in [1.807, 2.05) is 0 Å². The van der Waals surface area contributed by atoms with Crippen molar-refractivity contribution in [3.05, 3.63) is 88.4 Å². The third kappa shape index (κ3) is 3.78. The minimum Gasteiger partial charge on any atom is -0.267 e. The number of hydrogen-bond acceptors (Lipinski definition) is 5. The summed E-state index contributed by atoms with van der Waals surface area (Å²) in [6.45, 7) is 0. The molecular formula is C17H12FN5O3. The van der Waals surface area contributed by atoms with Crippen LogP contribution >= 0.6 is 0 Å². The molecule has 0 aliphatic carbocycles. The molecule has 3 rings (SSSR count). The molecule has 0 atom stereocenters. The molecule has 3 aromatic rings. The minimum absolute atomic E-state index is 0.116. The van der Waals surface area contributed by atoms with Gasteiger partial charge in [-0.25, -0.2) is 4.39 Å². The van der Waals surface area contributed by atoms with E-state index in [0.29, 0.717) is 5.69 Å². The fourth-order valence-corrected chi connectivity index (χ4v) is 2.04. The number of amides is 2. The summed E-state index contributed by atoms with van der Waals surface area (Å²) in [6.07, 6.45) is 1.44. The van der Waals surface area contributed by atoms with E-state index in [4.69, 9.17) is 0 Å². The highest BCUT2D eigenvalue weighted by Gasteiger charge is 2.13. The number of hydrogen-bond donors (Lipinski definition) is 2. The minimum atomic E-state index is -0.731. The predicted molar refractivity (Wildman–Crippen MR) is 89.0 cm³/mol. The maximum absolute atomic E-state index is 13.0. The number of hydrazine groups is 1. The lowest BCUT2D eigenvalue weighted by atomic mass is 10.3. The Morgan fingerprint density at radius 2 is 1.58 bits per heavy atom. The lowest BCUT2D eigenvalue weighted by Crippen LogP contribution is -2.42. The number of halogens is 1. The largest absolute Gasteiger partial charge is 0.290 e. The van der Waals surface area contributed by atoms with Crippen molar-refractivity contribution in [1.29, 1.82) is 0 Å². The second kappa shape index (κ2) is 7.34.